The number of nitrogens with one attached hydrogen (secondary N) is 1. The molecule has 4 rings (SSSR count). The van der Waals surface area contributed by atoms with Crippen LogP contribution in [0, 0.1) is 13.8 Å². The van der Waals surface area contributed by atoms with Gasteiger partial charge >= 0.3 is 0 Å². The highest BCUT2D eigenvalue weighted by atomic mass is 35.5. The lowest BCUT2D eigenvalue weighted by molar-refractivity contribution is 0.0796. The maximum Gasteiger partial charge on any atom is 0.265 e. The van der Waals surface area contributed by atoms with Crippen LogP contribution in [0.4, 0.5) is 5.69 Å². The molecule has 0 bridgehead atoms. The van der Waals surface area contributed by atoms with E-state index in [9.17, 15) is 13.2 Å². The monoisotopic (exact) mass is 478 g/mol. The maximum atomic E-state index is 12.9. The van der Waals surface area contributed by atoms with Crippen LogP contribution in [0.5, 0.6) is 0 Å². The summed E-state index contributed by atoms with van der Waals surface area (Å²) in [6.07, 6.45) is 3.57. The van der Waals surface area contributed by atoms with E-state index in [2.05, 4.69) is 9.71 Å². The van der Waals surface area contributed by atoms with Gasteiger partial charge in [0, 0.05) is 26.3 Å². The van der Waals surface area contributed by atoms with Gasteiger partial charge in [0.15, 0.2) is 0 Å². The van der Waals surface area contributed by atoms with Crippen molar-refractivity contribution in [2.75, 3.05) is 17.8 Å². The number of halogens is 1. The summed E-state index contributed by atoms with van der Waals surface area (Å²) in [6.45, 7) is 5.23. The molecule has 1 amide bonds. The van der Waals surface area contributed by atoms with Crippen LogP contribution in [0.2, 0.25) is 5.02 Å². The molecule has 1 N–H and O–H groups in total. The van der Waals surface area contributed by atoms with Crippen molar-refractivity contribution in [3.05, 3.63) is 51.6 Å². The zero-order valence-corrected chi connectivity index (χ0v) is 19.9. The van der Waals surface area contributed by atoms with E-state index >= 15 is 0 Å². The molecule has 0 radical (unpaired) electrons. The Kier molecular flexibility index (Phi) is 5.85. The van der Waals surface area contributed by atoms with Gasteiger partial charge in [0.25, 0.3) is 15.9 Å². The van der Waals surface area contributed by atoms with Crippen molar-refractivity contribution in [3.8, 4) is 10.7 Å². The van der Waals surface area contributed by atoms with Crippen LogP contribution < -0.4 is 4.72 Å². The summed E-state index contributed by atoms with van der Waals surface area (Å²) >= 11 is 7.48. The molecular formula is C21H23ClN4O3S2. The van der Waals surface area contributed by atoms with Crippen LogP contribution in [0.15, 0.2) is 35.4 Å². The summed E-state index contributed by atoms with van der Waals surface area (Å²) in [6, 6.07) is 6.69. The van der Waals surface area contributed by atoms with Crippen LogP contribution >= 0.6 is 22.9 Å². The van der Waals surface area contributed by atoms with Crippen molar-refractivity contribution >= 4 is 44.6 Å². The Morgan fingerprint density at radius 1 is 1.19 bits per heavy atom. The zero-order chi connectivity index (χ0) is 22.3. The van der Waals surface area contributed by atoms with Gasteiger partial charge in [-0.15, -0.1) is 11.3 Å². The van der Waals surface area contributed by atoms with Gasteiger partial charge in [-0.25, -0.2) is 13.4 Å². The van der Waals surface area contributed by atoms with E-state index in [0.717, 1.165) is 31.5 Å². The Morgan fingerprint density at radius 2 is 1.90 bits per heavy atom. The predicted molar refractivity (Wildman–Crippen MR) is 123 cm³/mol. The molecule has 1 aliphatic heterocycles. The van der Waals surface area contributed by atoms with Crippen LogP contribution in [-0.2, 0) is 17.1 Å². The number of hydrogen-bond donors (Lipinski definition) is 1. The van der Waals surface area contributed by atoms with E-state index in [0.29, 0.717) is 32.0 Å². The average Bonchev–Trinajstić information content (AvgIpc) is 3.43. The van der Waals surface area contributed by atoms with Crippen molar-refractivity contribution in [3.63, 3.8) is 0 Å². The van der Waals surface area contributed by atoms with Crippen molar-refractivity contribution < 1.29 is 13.2 Å². The van der Waals surface area contributed by atoms with Gasteiger partial charge in [-0.05, 0) is 50.5 Å². The first kappa shape index (κ1) is 21.9. The fraction of sp³-hybridized carbons (Fsp3) is 0.333. The largest absolute Gasteiger partial charge is 0.347 e. The number of thiazole rings is 1. The molecule has 0 saturated carbocycles. The molecule has 31 heavy (non-hydrogen) atoms. The second kappa shape index (κ2) is 8.29. The van der Waals surface area contributed by atoms with Gasteiger partial charge in [0.2, 0.25) is 0 Å². The van der Waals surface area contributed by atoms with Crippen LogP contribution in [0.1, 0.15) is 33.8 Å². The number of carbonyl (C=O) groups is 1. The summed E-state index contributed by atoms with van der Waals surface area (Å²) < 4.78 is 30.1. The number of aryl methyl sites for hydroxylation is 3. The molecule has 3 aromatic rings. The number of carbonyl (C=O) groups excluding carboxylic acids is 1. The molecule has 0 spiro atoms. The Balaban J connectivity index is 1.63. The first-order valence-corrected chi connectivity index (χ1v) is 12.6. The number of hydrogen-bond acceptors (Lipinski definition) is 5. The molecule has 1 aliphatic rings. The van der Waals surface area contributed by atoms with Crippen molar-refractivity contribution in [1.29, 1.82) is 0 Å². The molecule has 1 fully saturated rings. The number of aromatic nitrogens is 2. The Bertz CT molecular complexity index is 1260. The molecule has 0 unspecified atom stereocenters. The molecule has 1 aromatic carbocycles. The van der Waals surface area contributed by atoms with Gasteiger partial charge in [-0.2, -0.15) is 0 Å². The average molecular weight is 479 g/mol. The first-order chi connectivity index (χ1) is 14.7. The summed E-state index contributed by atoms with van der Waals surface area (Å²) in [5, 5.41) is 0.942. The van der Waals surface area contributed by atoms with E-state index < -0.39 is 10.0 Å². The smallest absolute Gasteiger partial charge is 0.265 e. The highest BCUT2D eigenvalue weighted by molar-refractivity contribution is 7.92. The van der Waals surface area contributed by atoms with Gasteiger partial charge in [0.1, 0.15) is 14.8 Å². The number of anilines is 1. The van der Waals surface area contributed by atoms with E-state index in [1.807, 2.05) is 18.7 Å². The number of sulfonamides is 1. The standard InChI is InChI=1S/C21H23ClN4O3S2/c1-13-6-7-17(16(22)10-13)24-31(28,29)15-11-18(25(3)12-15)20-23-14(2)19(30-20)21(27)26-8-4-5-9-26/h6-7,10-12,24H,4-5,8-9H2,1-3H3. The third-order valence-corrected chi connectivity index (χ3v) is 8.08. The number of rotatable bonds is 5. The van der Waals surface area contributed by atoms with Crippen LogP contribution in [0.3, 0.4) is 0 Å². The van der Waals surface area contributed by atoms with Crippen molar-refractivity contribution in [2.24, 2.45) is 7.05 Å². The minimum Gasteiger partial charge on any atom is -0.347 e. The SMILES string of the molecule is Cc1ccc(NS(=O)(=O)c2cc(-c3nc(C)c(C(=O)N4CCCC4)s3)n(C)c2)c(Cl)c1. The lowest BCUT2D eigenvalue weighted by Gasteiger charge is -2.13. The minimum absolute atomic E-state index is 0.00326. The summed E-state index contributed by atoms with van der Waals surface area (Å²) in [5.74, 6) is -0.00326. The molecular weight excluding hydrogens is 456 g/mol. The second-order valence-corrected chi connectivity index (χ2v) is 10.8. The third kappa shape index (κ3) is 4.35. The predicted octanol–water partition coefficient (Wildman–Crippen LogP) is 4.46. The quantitative estimate of drug-likeness (QED) is 0.586. The molecule has 10 heteroatoms. The number of likely N-dealkylation sites (tertiary alicyclic amines) is 1. The third-order valence-electron chi connectivity index (χ3n) is 5.26. The highest BCUT2D eigenvalue weighted by Crippen LogP contribution is 2.32. The van der Waals surface area contributed by atoms with Crippen molar-refractivity contribution in [2.45, 2.75) is 31.6 Å². The highest BCUT2D eigenvalue weighted by Gasteiger charge is 2.26. The summed E-state index contributed by atoms with van der Waals surface area (Å²) in [5.41, 5.74) is 2.55. The van der Waals surface area contributed by atoms with Gasteiger partial charge < -0.3 is 9.47 Å². The fourth-order valence-electron chi connectivity index (χ4n) is 3.57. The van der Waals surface area contributed by atoms with Crippen molar-refractivity contribution in [1.82, 2.24) is 14.5 Å². The Labute approximate surface area is 190 Å². The second-order valence-electron chi connectivity index (χ2n) is 7.69. The van der Waals surface area contributed by atoms with Gasteiger partial charge in [-0.3, -0.25) is 9.52 Å². The zero-order valence-electron chi connectivity index (χ0n) is 17.5. The Morgan fingerprint density at radius 3 is 2.58 bits per heavy atom. The summed E-state index contributed by atoms with van der Waals surface area (Å²) in [4.78, 5) is 19.9. The fourth-order valence-corrected chi connectivity index (χ4v) is 6.15. The van der Waals surface area contributed by atoms with E-state index in [1.165, 1.54) is 17.5 Å². The molecule has 0 atom stereocenters. The molecule has 0 aliphatic carbocycles. The normalized spacial score (nSPS) is 14.3. The van der Waals surface area contributed by atoms with Crippen LogP contribution in [-0.4, -0.2) is 41.9 Å². The number of benzene rings is 1. The molecule has 164 valence electrons. The topological polar surface area (TPSA) is 84.3 Å². The number of amides is 1. The van der Waals surface area contributed by atoms with E-state index in [-0.39, 0.29) is 10.8 Å². The molecule has 1 saturated heterocycles. The Hall–Kier alpha value is -2.36. The van der Waals surface area contributed by atoms with Crippen LogP contribution in [0.25, 0.3) is 10.7 Å². The lowest BCUT2D eigenvalue weighted by atomic mass is 10.2. The number of nitrogens with zero attached hydrogens (tertiary/aromatic N) is 3. The maximum absolute atomic E-state index is 12.9. The first-order valence-electron chi connectivity index (χ1n) is 9.88. The summed E-state index contributed by atoms with van der Waals surface area (Å²) in [7, 11) is -2.09. The molecule has 2 aromatic heterocycles. The van der Waals surface area contributed by atoms with E-state index in [4.69, 9.17) is 11.6 Å². The van der Waals surface area contributed by atoms with Gasteiger partial charge in [-0.1, -0.05) is 17.7 Å². The molecule has 7 nitrogen and oxygen atoms in total. The van der Waals surface area contributed by atoms with Gasteiger partial charge in [0.05, 0.1) is 22.1 Å². The molecule has 3 heterocycles. The lowest BCUT2D eigenvalue weighted by Crippen LogP contribution is -2.27. The van der Waals surface area contributed by atoms with E-state index in [1.54, 1.807) is 35.9 Å². The minimum atomic E-state index is -3.84.